The molecule has 8 atom stereocenters. The van der Waals surface area contributed by atoms with Crippen LogP contribution < -0.4 is 0 Å². The highest BCUT2D eigenvalue weighted by atomic mass is 32.2. The average Bonchev–Trinajstić information content (AvgIpc) is 3.21. The van der Waals surface area contributed by atoms with Crippen LogP contribution >= 0.6 is 27.4 Å². The Morgan fingerprint density at radius 2 is 1.13 bits per heavy atom. The second kappa shape index (κ2) is 35.7. The van der Waals surface area contributed by atoms with Crippen LogP contribution in [0, 0.1) is 58.5 Å². The van der Waals surface area contributed by atoms with E-state index >= 15 is 0 Å². The van der Waals surface area contributed by atoms with E-state index in [1.807, 2.05) is 6.92 Å². The van der Waals surface area contributed by atoms with Crippen LogP contribution in [0.3, 0.4) is 0 Å². The van der Waals surface area contributed by atoms with Gasteiger partial charge in [0.2, 0.25) is 5.12 Å². The molecule has 362 valence electrons. The van der Waals surface area contributed by atoms with Crippen LogP contribution in [0.2, 0.25) is 0 Å². The third kappa shape index (κ3) is 30.9. The normalized spacial score (nSPS) is 20.6. The van der Waals surface area contributed by atoms with Crippen molar-refractivity contribution >= 4 is 38.5 Å². The standard InChI is InChI=1S/C26H52O16P2.C15H10OS.9H2/c1-2-3-4-5-6-7-8-9-10-11-12-13-14-15-20(28)40-19(16-38-18-27)17-39-44(36,37)42-26-23(31)21(29)22(30)25(24(26)32)41-43(33,34)35;1-3-5-6-7-8-9-10-11-12-14-17-15(16)13-4-2;;;;;;;;;/h19,21-27,29-32H,2-18H2,1H3,(H,36,37)(H2,33,34,35);4,13H2,1-2H3;9*1H/t19-,21?,22-,23+,24?,25-,26?;;;;;;;;;;/m1........../s1. The molecule has 17 nitrogen and oxygen atoms in total. The van der Waals surface area contributed by atoms with Crippen molar-refractivity contribution in [1.29, 1.82) is 0 Å². The van der Waals surface area contributed by atoms with E-state index in [1.54, 1.807) is 6.92 Å². The number of carbonyl (C=O) groups excluding carboxylic acids is 2. The summed E-state index contributed by atoms with van der Waals surface area (Å²) in [5.74, 6) is 22.2. The Balaban J connectivity index is -0.000000150. The SMILES string of the molecule is CC#CC#CC#CC#CC#CSC(=O)CCC.CCCCCCCCCCCCCCCC(=O)O[C@H](COCO)COP(=O)(O)OC1C(O)[C@H](OP(=O)(O)O)[C@H](O)C(O)[C@@H]1O.[HH].[HH].[HH].[HH].[HH].[HH].[HH].[HH].[HH]. The lowest BCUT2D eigenvalue weighted by Gasteiger charge is -2.43. The van der Waals surface area contributed by atoms with E-state index in [-0.39, 0.29) is 24.4 Å². The quantitative estimate of drug-likeness (QED) is 0.0153. The van der Waals surface area contributed by atoms with E-state index < -0.39 is 84.3 Å². The molecule has 0 saturated heterocycles. The average molecular weight is 939 g/mol. The molecule has 0 amide bonds. The number of phosphoric acid groups is 2. The van der Waals surface area contributed by atoms with Crippen LogP contribution in [0.25, 0.3) is 0 Å². The largest absolute Gasteiger partial charge is 0.472 e. The molecule has 1 saturated carbocycles. The Bertz CT molecular complexity index is 1720. The summed E-state index contributed by atoms with van der Waals surface area (Å²) >= 11 is 0.979. The number of aliphatic hydroxyl groups is 5. The number of rotatable bonds is 27. The second-order valence-corrected chi connectivity index (χ2v) is 17.0. The fourth-order valence-electron chi connectivity index (χ4n) is 5.40. The van der Waals surface area contributed by atoms with Crippen LogP contribution in [-0.4, -0.2) is 114 Å². The highest BCUT2D eigenvalue weighted by molar-refractivity contribution is 8.17. The summed E-state index contributed by atoms with van der Waals surface area (Å²) in [7, 11) is -10.5. The van der Waals surface area contributed by atoms with E-state index in [1.165, 1.54) is 51.4 Å². The van der Waals surface area contributed by atoms with E-state index in [0.717, 1.165) is 43.9 Å². The number of ether oxygens (including phenoxy) is 2. The second-order valence-electron chi connectivity index (χ2n) is 13.5. The molecule has 0 bridgehead atoms. The molecule has 8 N–H and O–H groups in total. The van der Waals surface area contributed by atoms with Gasteiger partial charge in [-0.1, -0.05) is 96.8 Å². The number of carbonyl (C=O) groups is 2. The van der Waals surface area contributed by atoms with Gasteiger partial charge in [0.05, 0.1) is 13.2 Å². The Kier molecular flexibility index (Phi) is 34.1. The number of phosphoric ester groups is 2. The molecule has 0 aromatic carbocycles. The Hall–Kier alpha value is -2.73. The van der Waals surface area contributed by atoms with Crippen LogP contribution in [0.15, 0.2) is 0 Å². The highest BCUT2D eigenvalue weighted by Gasteiger charge is 2.54. The fourth-order valence-corrected chi connectivity index (χ4v) is 7.46. The zero-order valence-electron chi connectivity index (χ0n) is 35.0. The zero-order valence-corrected chi connectivity index (χ0v) is 37.6. The van der Waals surface area contributed by atoms with Gasteiger partial charge in [-0.05, 0) is 72.4 Å². The van der Waals surface area contributed by atoms with Gasteiger partial charge in [0.25, 0.3) is 0 Å². The molecular weight excluding hydrogens is 858 g/mol. The van der Waals surface area contributed by atoms with Crippen LogP contribution in [0.4, 0.5) is 0 Å². The number of aliphatic hydroxyl groups excluding tert-OH is 5. The van der Waals surface area contributed by atoms with Gasteiger partial charge in [-0.3, -0.25) is 23.2 Å². The van der Waals surface area contributed by atoms with Gasteiger partial charge < -0.3 is 49.7 Å². The summed E-state index contributed by atoms with van der Waals surface area (Å²) < 4.78 is 47.5. The summed E-state index contributed by atoms with van der Waals surface area (Å²) in [6, 6.07) is 0. The molecule has 0 aromatic heterocycles. The first-order chi connectivity index (χ1) is 29.0. The minimum atomic E-state index is -5.32. The van der Waals surface area contributed by atoms with Crippen LogP contribution in [-0.2, 0) is 41.8 Å². The molecule has 0 heterocycles. The predicted octanol–water partition coefficient (Wildman–Crippen LogP) is 6.04. The number of hydrogen-bond acceptors (Lipinski definition) is 15. The van der Waals surface area contributed by atoms with Crippen LogP contribution in [0.5, 0.6) is 0 Å². The minimum Gasteiger partial charge on any atom is -0.457 e. The van der Waals surface area contributed by atoms with Gasteiger partial charge in [0, 0.05) is 37.4 Å². The predicted molar refractivity (Wildman–Crippen MR) is 246 cm³/mol. The van der Waals surface area contributed by atoms with E-state index in [4.69, 9.17) is 33.4 Å². The van der Waals surface area contributed by atoms with E-state index in [2.05, 4.69) is 70.0 Å². The first kappa shape index (κ1) is 58.3. The third-order valence-corrected chi connectivity index (χ3v) is 10.5. The van der Waals surface area contributed by atoms with Crippen molar-refractivity contribution in [2.24, 2.45) is 0 Å². The summed E-state index contributed by atoms with van der Waals surface area (Å²) in [6.45, 7) is 3.91. The monoisotopic (exact) mass is 938 g/mol. The first-order valence-electron chi connectivity index (χ1n) is 20.1. The van der Waals surface area contributed by atoms with Gasteiger partial charge >= 0.3 is 21.6 Å². The molecule has 0 radical (unpaired) electrons. The first-order valence-corrected chi connectivity index (χ1v) is 24.0. The molecule has 20 heteroatoms. The van der Waals surface area contributed by atoms with Crippen molar-refractivity contribution in [2.75, 3.05) is 20.0 Å². The molecule has 1 aliphatic carbocycles. The van der Waals surface area contributed by atoms with Gasteiger partial charge in [0.15, 0.2) is 0 Å². The molecule has 1 rings (SSSR count). The van der Waals surface area contributed by atoms with Crippen molar-refractivity contribution in [3.8, 4) is 58.5 Å². The van der Waals surface area contributed by atoms with Crippen molar-refractivity contribution in [3.63, 3.8) is 0 Å². The summed E-state index contributed by atoms with van der Waals surface area (Å²) in [4.78, 5) is 51.5. The van der Waals surface area contributed by atoms with Gasteiger partial charge in [0.1, 0.15) is 49.5 Å². The van der Waals surface area contributed by atoms with Gasteiger partial charge in [-0.2, -0.15) is 0 Å². The molecule has 0 aliphatic heterocycles. The summed E-state index contributed by atoms with van der Waals surface area (Å²) in [6.07, 6.45) is 1.63. The maximum Gasteiger partial charge on any atom is 0.472 e. The fraction of sp³-hybridized carbons (Fsp3) is 0.707. The van der Waals surface area contributed by atoms with Crippen LogP contribution in [0.1, 0.15) is 136 Å². The summed E-state index contributed by atoms with van der Waals surface area (Å²) in [5, 5.41) is 52.0. The topological polar surface area (TPSA) is 276 Å². The molecule has 0 spiro atoms. The lowest BCUT2D eigenvalue weighted by atomic mass is 9.85. The van der Waals surface area contributed by atoms with Gasteiger partial charge in [-0.15, -0.1) is 0 Å². The highest BCUT2D eigenvalue weighted by Crippen LogP contribution is 2.49. The Morgan fingerprint density at radius 1 is 0.639 bits per heavy atom. The minimum absolute atomic E-state index is 0. The van der Waals surface area contributed by atoms with E-state index in [9.17, 15) is 44.0 Å². The maximum atomic E-state index is 12.5. The molecular formula is C41H80O17P2S. The zero-order chi connectivity index (χ0) is 45.9. The number of thioether (sulfide) groups is 1. The number of hydrogen-bond donors (Lipinski definition) is 8. The molecule has 61 heavy (non-hydrogen) atoms. The smallest absolute Gasteiger partial charge is 0.457 e. The Morgan fingerprint density at radius 3 is 1.62 bits per heavy atom. The number of unbranched alkanes of at least 4 members (excludes halogenated alkanes) is 12. The molecule has 1 fully saturated rings. The molecule has 0 aromatic rings. The summed E-state index contributed by atoms with van der Waals surface area (Å²) in [5.41, 5.74) is 0. The van der Waals surface area contributed by atoms with Gasteiger partial charge in [-0.25, -0.2) is 9.13 Å². The maximum absolute atomic E-state index is 12.5. The molecule has 1 aliphatic rings. The molecule has 4 unspecified atom stereocenters. The lowest BCUT2D eigenvalue weighted by molar-refractivity contribution is -0.216. The van der Waals surface area contributed by atoms with Crippen molar-refractivity contribution < 1.29 is 94.8 Å². The lowest BCUT2D eigenvalue weighted by Crippen LogP contribution is -2.64. The number of esters is 1. The van der Waals surface area contributed by atoms with Crippen molar-refractivity contribution in [3.05, 3.63) is 0 Å². The van der Waals surface area contributed by atoms with Crippen molar-refractivity contribution in [1.82, 2.24) is 0 Å². The van der Waals surface area contributed by atoms with E-state index in [0.29, 0.717) is 12.8 Å². The third-order valence-electron chi connectivity index (χ3n) is 8.39. The Labute approximate surface area is 377 Å². The van der Waals surface area contributed by atoms with Crippen molar-refractivity contribution in [2.45, 2.75) is 166 Å².